The SMILES string of the molecule is CC(C)C[C@H](NC(=O)[C@H](CO)NC(=O)[C@H](Cc1ccccc1)NC(=O)[C@H](CC(=O)O)NC(=O)[C@@H](NC(=O)[C@H](C)NC(=O)[C@@H]1CCCN1C(=O)[C@H](CC(C)C)NC(=O)[C@H](CC(C)C)NC(=O)[C@@H](NC(=O)[C@@H]1CCCN1)C(C)C)C(C)C)C(=O)NCC(=O)N[C@@H](CCC(=O)O)C(=O)O. The van der Waals surface area contributed by atoms with Crippen LogP contribution in [0.2, 0.25) is 0 Å². The van der Waals surface area contributed by atoms with E-state index in [2.05, 4.69) is 63.8 Å². The molecule has 2 heterocycles. The normalized spacial score (nSPS) is 17.6. The van der Waals surface area contributed by atoms with Gasteiger partial charge < -0.3 is 89.1 Å². The number of aliphatic hydroxyl groups excluding tert-OH is 1. The molecule has 0 aliphatic carbocycles. The van der Waals surface area contributed by atoms with Crippen molar-refractivity contribution in [1.82, 2.24) is 68.7 Å². The monoisotopic (exact) mass is 1360 g/mol. The van der Waals surface area contributed by atoms with Gasteiger partial charge >= 0.3 is 17.9 Å². The molecule has 1 aromatic carbocycles. The number of benzene rings is 1. The third kappa shape index (κ3) is 27.5. The number of nitrogens with zero attached hydrogens (tertiary/aromatic N) is 1. The molecule has 2 aliphatic rings. The van der Waals surface area contributed by atoms with Crippen molar-refractivity contribution in [3.05, 3.63) is 35.9 Å². The Balaban J connectivity index is 1.76. The molecular weight excluding hydrogens is 1250 g/mol. The quantitative estimate of drug-likeness (QED) is 0.0332. The van der Waals surface area contributed by atoms with Crippen molar-refractivity contribution in [3.8, 4) is 0 Å². The van der Waals surface area contributed by atoms with E-state index in [0.29, 0.717) is 24.9 Å². The molecule has 0 spiro atoms. The lowest BCUT2D eigenvalue weighted by atomic mass is 9.98. The zero-order valence-electron chi connectivity index (χ0n) is 56.7. The summed E-state index contributed by atoms with van der Waals surface area (Å²) in [6, 6.07) is -7.91. The summed E-state index contributed by atoms with van der Waals surface area (Å²) in [5.41, 5.74) is 0.442. The molecule has 2 saturated heterocycles. The number of hydrogen-bond donors (Lipinski definition) is 16. The molecule has 16 N–H and O–H groups in total. The Labute approximate surface area is 559 Å². The van der Waals surface area contributed by atoms with Gasteiger partial charge in [0.05, 0.1) is 25.6 Å². The van der Waals surface area contributed by atoms with Crippen LogP contribution in [-0.2, 0) is 78.3 Å². The van der Waals surface area contributed by atoms with Gasteiger partial charge in [0.2, 0.25) is 70.9 Å². The van der Waals surface area contributed by atoms with Crippen molar-refractivity contribution in [2.24, 2.45) is 29.6 Å². The highest BCUT2D eigenvalue weighted by Gasteiger charge is 2.42. The van der Waals surface area contributed by atoms with E-state index in [1.54, 1.807) is 58.0 Å². The van der Waals surface area contributed by atoms with Crippen molar-refractivity contribution >= 4 is 88.8 Å². The second-order valence-electron chi connectivity index (χ2n) is 26.4. The van der Waals surface area contributed by atoms with Gasteiger partial charge in [-0.1, -0.05) is 99.6 Å². The molecule has 0 radical (unpaired) electrons. The number of likely N-dealkylation sites (tertiary alicyclic amines) is 1. The highest BCUT2D eigenvalue weighted by Crippen LogP contribution is 2.22. The Morgan fingerprint density at radius 1 is 0.500 bits per heavy atom. The van der Waals surface area contributed by atoms with Gasteiger partial charge in [0.1, 0.15) is 66.5 Å². The minimum atomic E-state index is -1.92. The summed E-state index contributed by atoms with van der Waals surface area (Å²) in [7, 11) is 0. The topological polar surface area (TPSA) is 485 Å². The van der Waals surface area contributed by atoms with E-state index in [0.717, 1.165) is 6.42 Å². The summed E-state index contributed by atoms with van der Waals surface area (Å²) in [6.07, 6.45) is -0.106. The average molecular weight is 1360 g/mol. The lowest BCUT2D eigenvalue weighted by Gasteiger charge is -2.32. The van der Waals surface area contributed by atoms with E-state index in [9.17, 15) is 87.2 Å². The number of carboxylic acids is 3. The molecule has 32 heteroatoms. The van der Waals surface area contributed by atoms with Crippen molar-refractivity contribution in [2.75, 3.05) is 26.2 Å². The van der Waals surface area contributed by atoms with Crippen molar-refractivity contribution in [2.45, 2.75) is 219 Å². The fourth-order valence-corrected chi connectivity index (χ4v) is 10.8. The molecule has 96 heavy (non-hydrogen) atoms. The number of carbonyl (C=O) groups excluding carboxylic acids is 12. The number of aliphatic hydroxyl groups is 1. The smallest absolute Gasteiger partial charge is 0.326 e. The standard InChI is InChI=1S/C64H101N13O19/c1-32(2)25-41(54(85)66-30-48(79)68-40(64(95)96)21-22-49(80)81)69-59(90)46(31-78)74-57(88)43(28-38-17-13-12-14-18-38)70-58(89)44(29-50(82)83)72-61(92)51(35(7)8)75-53(84)37(11)67-60(91)47-20-16-24-77(47)63(94)45(27-34(5)6)73-56(87)42(26-33(3)4)71-62(93)52(36(9)10)76-55(86)39-19-15-23-65-39/h12-14,17-18,32-37,39-47,51-52,65,78H,15-16,19-31H2,1-11H3,(H,66,85)(H,67,91)(H,68,79)(H,69,90)(H,70,89)(H,71,93)(H,72,92)(H,73,87)(H,74,88)(H,75,84)(H,76,86)(H,80,81)(H,82,83)(H,95,96)/t37-,39-,40-,41-,42-,43-,44-,45-,46-,47-,51-,52-/m0/s1. The first-order chi connectivity index (χ1) is 45.0. The third-order valence-electron chi connectivity index (χ3n) is 15.9. The molecule has 2 fully saturated rings. The molecule has 1 aromatic rings. The summed E-state index contributed by atoms with van der Waals surface area (Å²) in [5, 5.41) is 69.3. The number of carboxylic acid groups (broad SMARTS) is 3. The maximum atomic E-state index is 14.5. The predicted octanol–water partition coefficient (Wildman–Crippen LogP) is -2.18. The first-order valence-electron chi connectivity index (χ1n) is 32.7. The van der Waals surface area contributed by atoms with Crippen LogP contribution in [0.3, 0.4) is 0 Å². The van der Waals surface area contributed by atoms with Gasteiger partial charge in [-0.3, -0.25) is 67.1 Å². The number of amides is 12. The van der Waals surface area contributed by atoms with Crippen LogP contribution >= 0.6 is 0 Å². The first kappa shape index (κ1) is 81.4. The van der Waals surface area contributed by atoms with Gasteiger partial charge in [0, 0.05) is 19.4 Å². The summed E-state index contributed by atoms with van der Waals surface area (Å²) in [6.45, 7) is 17.6. The second kappa shape index (κ2) is 39.9. The second-order valence-corrected chi connectivity index (χ2v) is 26.4. The van der Waals surface area contributed by atoms with Crippen molar-refractivity contribution in [3.63, 3.8) is 0 Å². The average Bonchev–Trinajstić information content (AvgIpc) is 1.55. The molecule has 0 aromatic heterocycles. The maximum absolute atomic E-state index is 14.5. The van der Waals surface area contributed by atoms with Crippen LogP contribution < -0.4 is 63.8 Å². The van der Waals surface area contributed by atoms with Crippen LogP contribution in [-0.4, -0.2) is 213 Å². The van der Waals surface area contributed by atoms with Crippen LogP contribution in [0.5, 0.6) is 0 Å². The zero-order chi connectivity index (χ0) is 72.3. The zero-order valence-corrected chi connectivity index (χ0v) is 56.7. The Hall–Kier alpha value is -8.81. The molecule has 0 bridgehead atoms. The molecule has 2 aliphatic heterocycles. The Bertz CT molecular complexity index is 2890. The molecule has 3 rings (SSSR count). The number of hydrogen-bond acceptors (Lipinski definition) is 17. The maximum Gasteiger partial charge on any atom is 0.326 e. The number of nitrogens with one attached hydrogen (secondary N) is 12. The lowest BCUT2D eigenvalue weighted by molar-refractivity contribution is -0.143. The summed E-state index contributed by atoms with van der Waals surface area (Å²) in [5.74, 6) is -16.1. The van der Waals surface area contributed by atoms with Gasteiger partial charge in [-0.25, -0.2) is 4.79 Å². The summed E-state index contributed by atoms with van der Waals surface area (Å²) >= 11 is 0. The van der Waals surface area contributed by atoms with Crippen molar-refractivity contribution in [1.29, 1.82) is 0 Å². The minimum Gasteiger partial charge on any atom is -0.481 e. The van der Waals surface area contributed by atoms with Crippen LogP contribution in [0, 0.1) is 29.6 Å². The molecule has 32 nitrogen and oxygen atoms in total. The van der Waals surface area contributed by atoms with Crippen LogP contribution in [0.25, 0.3) is 0 Å². The summed E-state index contributed by atoms with van der Waals surface area (Å²) in [4.78, 5) is 202. The number of aliphatic carboxylic acids is 3. The van der Waals surface area contributed by atoms with E-state index in [4.69, 9.17) is 5.11 Å². The fourth-order valence-electron chi connectivity index (χ4n) is 10.8. The van der Waals surface area contributed by atoms with E-state index in [1.165, 1.54) is 25.7 Å². The highest BCUT2D eigenvalue weighted by atomic mass is 16.4. The van der Waals surface area contributed by atoms with E-state index in [1.807, 2.05) is 27.7 Å². The van der Waals surface area contributed by atoms with Gasteiger partial charge in [-0.15, -0.1) is 0 Å². The molecule has 0 unspecified atom stereocenters. The van der Waals surface area contributed by atoms with Crippen LogP contribution in [0.4, 0.5) is 0 Å². The number of rotatable bonds is 40. The third-order valence-corrected chi connectivity index (χ3v) is 15.9. The van der Waals surface area contributed by atoms with E-state index >= 15 is 0 Å². The van der Waals surface area contributed by atoms with Gasteiger partial charge in [-0.05, 0) is 100.0 Å². The fraction of sp³-hybridized carbons (Fsp3) is 0.672. The number of carbonyl (C=O) groups is 15. The van der Waals surface area contributed by atoms with E-state index in [-0.39, 0.29) is 68.2 Å². The predicted molar refractivity (Wildman–Crippen MR) is 346 cm³/mol. The van der Waals surface area contributed by atoms with Crippen molar-refractivity contribution < 1.29 is 92.3 Å². The van der Waals surface area contributed by atoms with Gasteiger partial charge in [0.25, 0.3) is 0 Å². The largest absolute Gasteiger partial charge is 0.481 e. The molecule has 0 saturated carbocycles. The lowest BCUT2D eigenvalue weighted by Crippen LogP contribution is -2.61. The van der Waals surface area contributed by atoms with Gasteiger partial charge in [-0.2, -0.15) is 0 Å². The van der Waals surface area contributed by atoms with E-state index < -0.39 is 194 Å². The molecule has 12 atom stereocenters. The molecule has 12 amide bonds. The highest BCUT2D eigenvalue weighted by molar-refractivity contribution is 6.00. The first-order valence-corrected chi connectivity index (χ1v) is 32.7. The van der Waals surface area contributed by atoms with Crippen LogP contribution in [0.15, 0.2) is 30.3 Å². The Morgan fingerprint density at radius 2 is 1.00 bits per heavy atom. The molecular formula is C64H101N13O19. The minimum absolute atomic E-state index is 0.0514. The van der Waals surface area contributed by atoms with Gasteiger partial charge in [0.15, 0.2) is 0 Å². The summed E-state index contributed by atoms with van der Waals surface area (Å²) < 4.78 is 0. The Morgan fingerprint density at radius 3 is 1.53 bits per heavy atom. The Kier molecular flexibility index (Phi) is 33.9. The van der Waals surface area contributed by atoms with Crippen LogP contribution in [0.1, 0.15) is 146 Å². The molecule has 536 valence electrons.